The first-order valence-electron chi connectivity index (χ1n) is 11.1. The average molecular weight is 490 g/mol. The van der Waals surface area contributed by atoms with E-state index in [-0.39, 0.29) is 25.6 Å². The van der Waals surface area contributed by atoms with Gasteiger partial charge < -0.3 is 20.1 Å². The molecule has 2 aromatic rings. The quantitative estimate of drug-likeness (QED) is 0.660. The number of hydrogen-bond donors (Lipinski definition) is 2. The van der Waals surface area contributed by atoms with Crippen molar-refractivity contribution in [3.63, 3.8) is 0 Å². The number of carbonyl (C=O) groups is 3. The molecule has 0 aromatic heterocycles. The number of aliphatic carboxylic acids is 1. The summed E-state index contributed by atoms with van der Waals surface area (Å²) in [5.41, 5.74) is 2.33. The molecular weight excluding hydrogens is 465 g/mol. The Balaban J connectivity index is 1.46. The molecule has 0 radical (unpaired) electrons. The summed E-state index contributed by atoms with van der Waals surface area (Å²) in [7, 11) is 0. The van der Waals surface area contributed by atoms with Crippen LogP contribution >= 0.6 is 0 Å². The number of carbonyl (C=O) groups excluding carboxylic acids is 2. The van der Waals surface area contributed by atoms with E-state index in [9.17, 15) is 32.7 Å². The van der Waals surface area contributed by atoms with Gasteiger partial charge >= 0.3 is 18.2 Å². The molecule has 0 bridgehead atoms. The lowest BCUT2D eigenvalue weighted by atomic mass is 9.81. The highest BCUT2D eigenvalue weighted by Crippen LogP contribution is 2.44. The van der Waals surface area contributed by atoms with E-state index in [4.69, 9.17) is 4.74 Å². The van der Waals surface area contributed by atoms with Crippen molar-refractivity contribution >= 4 is 18.0 Å². The minimum absolute atomic E-state index is 0.166. The Kier molecular flexibility index (Phi) is 6.25. The fourth-order valence-corrected chi connectivity index (χ4v) is 4.82. The number of likely N-dealkylation sites (tertiary alicyclic amines) is 1. The number of fused-ring (bicyclic) bond motifs is 3. The topological polar surface area (TPSA) is 95.9 Å². The summed E-state index contributed by atoms with van der Waals surface area (Å²) in [6, 6.07) is 12.2. The Labute approximate surface area is 199 Å². The fourth-order valence-electron chi connectivity index (χ4n) is 4.82. The zero-order chi connectivity index (χ0) is 25.5. The van der Waals surface area contributed by atoms with E-state index in [2.05, 4.69) is 0 Å². The molecule has 2 N–H and O–H groups in total. The number of rotatable bonds is 5. The molecule has 4 rings (SSSR count). The van der Waals surface area contributed by atoms with Gasteiger partial charge in [-0.3, -0.25) is 9.59 Å². The van der Waals surface area contributed by atoms with Crippen LogP contribution in [0.5, 0.6) is 0 Å². The summed E-state index contributed by atoms with van der Waals surface area (Å²) in [6.07, 6.45) is -6.47. The van der Waals surface area contributed by atoms with Gasteiger partial charge in [0.25, 0.3) is 5.91 Å². The molecule has 1 heterocycles. The van der Waals surface area contributed by atoms with E-state index in [0.29, 0.717) is 0 Å². The maximum Gasteiger partial charge on any atom is 0.417 e. The van der Waals surface area contributed by atoms with Gasteiger partial charge in [-0.1, -0.05) is 55.5 Å². The van der Waals surface area contributed by atoms with Crippen LogP contribution in [0, 0.1) is 11.3 Å². The SMILES string of the molecule is C[C@H]1CN(C(=O)C(NC(=O)OCC2c3ccccc3-c3ccccc32)C(F)(F)F)C[C@]1(C)C(=O)O. The van der Waals surface area contributed by atoms with Crippen LogP contribution < -0.4 is 5.32 Å². The Morgan fingerprint density at radius 3 is 2.14 bits per heavy atom. The highest BCUT2D eigenvalue weighted by Gasteiger charge is 2.53. The minimum atomic E-state index is -5.09. The number of amides is 2. The van der Waals surface area contributed by atoms with Gasteiger partial charge in [-0.25, -0.2) is 4.79 Å². The van der Waals surface area contributed by atoms with Crippen LogP contribution in [0.2, 0.25) is 0 Å². The van der Waals surface area contributed by atoms with E-state index in [1.807, 2.05) is 48.5 Å². The van der Waals surface area contributed by atoms with Crippen LogP contribution in [0.3, 0.4) is 0 Å². The summed E-state index contributed by atoms with van der Waals surface area (Å²) in [6.45, 7) is 2.18. The zero-order valence-corrected chi connectivity index (χ0v) is 19.1. The number of alkyl carbamates (subject to hydrolysis) is 1. The molecule has 1 fully saturated rings. The van der Waals surface area contributed by atoms with Crippen molar-refractivity contribution in [1.82, 2.24) is 10.2 Å². The van der Waals surface area contributed by atoms with Gasteiger partial charge in [-0.05, 0) is 35.1 Å². The first-order valence-corrected chi connectivity index (χ1v) is 11.1. The number of ether oxygens (including phenoxy) is 1. The van der Waals surface area contributed by atoms with Crippen molar-refractivity contribution in [2.45, 2.75) is 32.0 Å². The lowest BCUT2D eigenvalue weighted by Gasteiger charge is -2.27. The highest BCUT2D eigenvalue weighted by molar-refractivity contribution is 5.88. The van der Waals surface area contributed by atoms with Crippen LogP contribution in [-0.2, 0) is 14.3 Å². The smallest absolute Gasteiger partial charge is 0.417 e. The standard InChI is InChI=1S/C25H25F3N2O5/c1-14-11-30(13-24(14,2)22(32)33)21(31)20(25(26,27)28)29-23(34)35-12-19-17-9-5-3-7-15(17)16-8-4-6-10-18(16)19/h3-10,14,19-20H,11-13H2,1-2H3,(H,29,34)(H,32,33)/t14-,20?,24-/m0/s1. The molecule has 2 aromatic carbocycles. The number of hydrogen-bond acceptors (Lipinski definition) is 4. The van der Waals surface area contributed by atoms with Gasteiger partial charge in [0.1, 0.15) is 6.61 Å². The van der Waals surface area contributed by atoms with Crippen molar-refractivity contribution in [1.29, 1.82) is 0 Å². The maximum absolute atomic E-state index is 13.7. The number of carboxylic acid groups (broad SMARTS) is 1. The predicted molar refractivity (Wildman–Crippen MR) is 120 cm³/mol. The average Bonchev–Trinajstić information content (AvgIpc) is 3.30. The molecule has 186 valence electrons. The van der Waals surface area contributed by atoms with Crippen molar-refractivity contribution in [2.24, 2.45) is 11.3 Å². The number of halogens is 3. The normalized spacial score (nSPS) is 22.3. The predicted octanol–water partition coefficient (Wildman–Crippen LogP) is 4.03. The highest BCUT2D eigenvalue weighted by atomic mass is 19.4. The molecule has 3 atom stereocenters. The summed E-state index contributed by atoms with van der Waals surface area (Å²) in [5.74, 6) is -3.53. The van der Waals surface area contributed by atoms with Gasteiger partial charge in [0.2, 0.25) is 6.04 Å². The molecule has 1 unspecified atom stereocenters. The van der Waals surface area contributed by atoms with Gasteiger partial charge in [0, 0.05) is 19.0 Å². The monoisotopic (exact) mass is 490 g/mol. The second-order valence-electron chi connectivity index (χ2n) is 9.29. The minimum Gasteiger partial charge on any atom is -0.481 e. The maximum atomic E-state index is 13.7. The summed E-state index contributed by atoms with van der Waals surface area (Å²) >= 11 is 0. The van der Waals surface area contributed by atoms with Crippen LogP contribution in [0.4, 0.5) is 18.0 Å². The third kappa shape index (κ3) is 4.44. The molecule has 1 saturated heterocycles. The van der Waals surface area contributed by atoms with Gasteiger partial charge in [0.05, 0.1) is 5.41 Å². The van der Waals surface area contributed by atoms with Gasteiger partial charge in [-0.2, -0.15) is 13.2 Å². The van der Waals surface area contributed by atoms with Crippen LogP contribution in [-0.4, -0.2) is 59.9 Å². The van der Waals surface area contributed by atoms with E-state index in [1.54, 1.807) is 12.2 Å². The number of alkyl halides is 3. The Morgan fingerprint density at radius 2 is 1.66 bits per heavy atom. The molecule has 35 heavy (non-hydrogen) atoms. The second-order valence-corrected chi connectivity index (χ2v) is 9.29. The number of nitrogens with one attached hydrogen (secondary N) is 1. The molecule has 0 saturated carbocycles. The lowest BCUT2D eigenvalue weighted by Crippen LogP contribution is -2.56. The van der Waals surface area contributed by atoms with E-state index < -0.39 is 41.5 Å². The largest absolute Gasteiger partial charge is 0.481 e. The summed E-state index contributed by atoms with van der Waals surface area (Å²) in [4.78, 5) is 37.5. The Morgan fingerprint density at radius 1 is 1.11 bits per heavy atom. The first-order chi connectivity index (χ1) is 16.4. The molecular formula is C25H25F3N2O5. The molecule has 1 aliphatic carbocycles. The number of benzene rings is 2. The van der Waals surface area contributed by atoms with E-state index in [0.717, 1.165) is 27.2 Å². The van der Waals surface area contributed by atoms with Crippen molar-refractivity contribution in [2.75, 3.05) is 19.7 Å². The number of carboxylic acids is 1. The lowest BCUT2D eigenvalue weighted by molar-refractivity contribution is -0.174. The van der Waals surface area contributed by atoms with E-state index in [1.165, 1.54) is 6.92 Å². The first kappa shape index (κ1) is 24.6. The molecule has 0 spiro atoms. The zero-order valence-electron chi connectivity index (χ0n) is 19.1. The Bertz CT molecular complexity index is 1120. The number of nitrogens with zero attached hydrogens (tertiary/aromatic N) is 1. The van der Waals surface area contributed by atoms with Crippen LogP contribution in [0.15, 0.2) is 48.5 Å². The van der Waals surface area contributed by atoms with Crippen LogP contribution in [0.25, 0.3) is 11.1 Å². The van der Waals surface area contributed by atoms with E-state index >= 15 is 0 Å². The summed E-state index contributed by atoms with van der Waals surface area (Å²) < 4.78 is 46.4. The third-order valence-corrected chi connectivity index (χ3v) is 7.08. The molecule has 10 heteroatoms. The summed E-state index contributed by atoms with van der Waals surface area (Å²) in [5, 5.41) is 11.1. The molecule has 1 aliphatic heterocycles. The molecule has 7 nitrogen and oxygen atoms in total. The van der Waals surface area contributed by atoms with Gasteiger partial charge in [-0.15, -0.1) is 0 Å². The Hall–Kier alpha value is -3.56. The third-order valence-electron chi connectivity index (χ3n) is 7.08. The fraction of sp³-hybridized carbons (Fsp3) is 0.400. The molecule has 2 amide bonds. The molecule has 2 aliphatic rings. The second kappa shape index (κ2) is 8.90. The van der Waals surface area contributed by atoms with Crippen molar-refractivity contribution in [3.8, 4) is 11.1 Å². The van der Waals surface area contributed by atoms with Crippen molar-refractivity contribution < 1.29 is 37.4 Å². The van der Waals surface area contributed by atoms with Gasteiger partial charge in [0.15, 0.2) is 0 Å². The van der Waals surface area contributed by atoms with Crippen molar-refractivity contribution in [3.05, 3.63) is 59.7 Å². The van der Waals surface area contributed by atoms with Crippen LogP contribution in [0.1, 0.15) is 30.9 Å².